The van der Waals surface area contributed by atoms with Crippen LogP contribution in [0.2, 0.25) is 0 Å². The summed E-state index contributed by atoms with van der Waals surface area (Å²) >= 11 is 0. The first-order chi connectivity index (χ1) is 14.5. The maximum absolute atomic E-state index is 13.2. The fourth-order valence-corrected chi connectivity index (χ4v) is 5.24. The summed E-state index contributed by atoms with van der Waals surface area (Å²) in [6, 6.07) is 14.3. The van der Waals surface area contributed by atoms with E-state index in [1.165, 1.54) is 9.87 Å². The van der Waals surface area contributed by atoms with E-state index in [0.29, 0.717) is 19.6 Å². The Balaban J connectivity index is 1.70. The minimum atomic E-state index is -3.74. The van der Waals surface area contributed by atoms with E-state index in [1.807, 2.05) is 31.2 Å². The zero-order valence-corrected chi connectivity index (χ0v) is 18.5. The molecule has 2 aromatic rings. The summed E-state index contributed by atoms with van der Waals surface area (Å²) in [5.41, 5.74) is 3.35. The standard InChI is InChI=1S/C23H31N3O3S/c1-3-5-19-6-8-20(9-7-19)16-25-23(27)22-17-24-14-15-26(22)30(28,29)21-12-10-18(4-2)11-13-21/h6-13,22,24H,3-5,14-17H2,1-2H3,(H,25,27)/t22-/m1/s1. The molecule has 1 amide bonds. The number of benzene rings is 2. The molecule has 0 saturated carbocycles. The van der Waals surface area contributed by atoms with Crippen molar-refractivity contribution in [1.29, 1.82) is 0 Å². The van der Waals surface area contributed by atoms with E-state index in [1.54, 1.807) is 12.1 Å². The molecule has 0 unspecified atom stereocenters. The van der Waals surface area contributed by atoms with Crippen LogP contribution in [0.4, 0.5) is 0 Å². The SMILES string of the molecule is CCCc1ccc(CNC(=O)[C@H]2CNCCN2S(=O)(=O)c2ccc(CC)cc2)cc1. The summed E-state index contributed by atoms with van der Waals surface area (Å²) in [7, 11) is -3.74. The molecule has 0 bridgehead atoms. The summed E-state index contributed by atoms with van der Waals surface area (Å²) < 4.78 is 27.7. The maximum atomic E-state index is 13.2. The summed E-state index contributed by atoms with van der Waals surface area (Å²) in [4.78, 5) is 13.1. The number of sulfonamides is 1. The average molecular weight is 430 g/mol. The van der Waals surface area contributed by atoms with Crippen molar-refractivity contribution in [3.05, 3.63) is 65.2 Å². The predicted molar refractivity (Wildman–Crippen MR) is 119 cm³/mol. The molecule has 6 nitrogen and oxygen atoms in total. The van der Waals surface area contributed by atoms with E-state index in [-0.39, 0.29) is 17.3 Å². The lowest BCUT2D eigenvalue weighted by atomic mass is 10.1. The van der Waals surface area contributed by atoms with Gasteiger partial charge in [0.25, 0.3) is 0 Å². The van der Waals surface area contributed by atoms with Gasteiger partial charge in [-0.1, -0.05) is 56.7 Å². The number of amides is 1. The lowest BCUT2D eigenvalue weighted by Crippen LogP contribution is -2.59. The molecule has 0 spiro atoms. The van der Waals surface area contributed by atoms with Crippen LogP contribution in [0.3, 0.4) is 0 Å². The van der Waals surface area contributed by atoms with Gasteiger partial charge in [0, 0.05) is 26.2 Å². The van der Waals surface area contributed by atoms with E-state index < -0.39 is 16.1 Å². The number of hydrogen-bond acceptors (Lipinski definition) is 4. The molecular formula is C23H31N3O3S. The van der Waals surface area contributed by atoms with Gasteiger partial charge in [-0.2, -0.15) is 4.31 Å². The lowest BCUT2D eigenvalue weighted by molar-refractivity contribution is -0.125. The molecule has 3 rings (SSSR count). The molecule has 2 aromatic carbocycles. The lowest BCUT2D eigenvalue weighted by Gasteiger charge is -2.34. The fraction of sp³-hybridized carbons (Fsp3) is 0.435. The Labute approximate surface area is 179 Å². The highest BCUT2D eigenvalue weighted by molar-refractivity contribution is 7.89. The van der Waals surface area contributed by atoms with Crippen LogP contribution in [0.1, 0.15) is 37.0 Å². The van der Waals surface area contributed by atoms with Crippen LogP contribution in [0.15, 0.2) is 53.4 Å². The van der Waals surface area contributed by atoms with Gasteiger partial charge >= 0.3 is 0 Å². The minimum absolute atomic E-state index is 0.228. The number of nitrogens with zero attached hydrogens (tertiary/aromatic N) is 1. The van der Waals surface area contributed by atoms with Crippen molar-refractivity contribution in [2.75, 3.05) is 19.6 Å². The average Bonchev–Trinajstić information content (AvgIpc) is 2.78. The summed E-state index contributed by atoms with van der Waals surface area (Å²) in [5, 5.41) is 6.05. The van der Waals surface area contributed by atoms with E-state index in [2.05, 4.69) is 29.7 Å². The van der Waals surface area contributed by atoms with Gasteiger partial charge in [0.2, 0.25) is 15.9 Å². The van der Waals surface area contributed by atoms with Crippen molar-refractivity contribution < 1.29 is 13.2 Å². The van der Waals surface area contributed by atoms with E-state index in [4.69, 9.17) is 0 Å². The Morgan fingerprint density at radius 3 is 2.30 bits per heavy atom. The molecule has 2 N–H and O–H groups in total. The zero-order valence-electron chi connectivity index (χ0n) is 17.7. The molecule has 162 valence electrons. The van der Waals surface area contributed by atoms with Gasteiger partial charge in [0.05, 0.1) is 4.90 Å². The van der Waals surface area contributed by atoms with Gasteiger partial charge in [0.15, 0.2) is 0 Å². The Morgan fingerprint density at radius 2 is 1.67 bits per heavy atom. The minimum Gasteiger partial charge on any atom is -0.351 e. The van der Waals surface area contributed by atoms with Crippen molar-refractivity contribution in [2.24, 2.45) is 0 Å². The monoisotopic (exact) mass is 429 g/mol. The fourth-order valence-electron chi connectivity index (χ4n) is 3.65. The molecule has 1 saturated heterocycles. The van der Waals surface area contributed by atoms with Crippen LogP contribution in [-0.2, 0) is 34.2 Å². The Kier molecular flexibility index (Phi) is 7.64. The van der Waals surface area contributed by atoms with Gasteiger partial charge in [-0.25, -0.2) is 8.42 Å². The normalized spacial score (nSPS) is 17.6. The van der Waals surface area contributed by atoms with Crippen molar-refractivity contribution >= 4 is 15.9 Å². The van der Waals surface area contributed by atoms with Crippen molar-refractivity contribution in [2.45, 2.75) is 50.6 Å². The van der Waals surface area contributed by atoms with Crippen LogP contribution in [0.25, 0.3) is 0 Å². The third-order valence-electron chi connectivity index (χ3n) is 5.46. The Bertz CT molecular complexity index is 941. The number of carbonyl (C=O) groups excluding carboxylic acids is 1. The first kappa shape index (κ1) is 22.5. The summed E-state index contributed by atoms with van der Waals surface area (Å²) in [6.45, 7) is 5.63. The first-order valence-electron chi connectivity index (χ1n) is 10.6. The number of aryl methyl sites for hydroxylation is 2. The van der Waals surface area contributed by atoms with Gasteiger partial charge in [0.1, 0.15) is 6.04 Å². The number of rotatable bonds is 8. The second kappa shape index (κ2) is 10.2. The first-order valence-corrected chi connectivity index (χ1v) is 12.1. The summed E-state index contributed by atoms with van der Waals surface area (Å²) in [6.07, 6.45) is 2.97. The van der Waals surface area contributed by atoms with Crippen molar-refractivity contribution in [3.63, 3.8) is 0 Å². The van der Waals surface area contributed by atoms with E-state index in [9.17, 15) is 13.2 Å². The van der Waals surface area contributed by atoms with Crippen LogP contribution >= 0.6 is 0 Å². The molecule has 1 aliphatic heterocycles. The number of carbonyl (C=O) groups is 1. The van der Waals surface area contributed by atoms with Crippen LogP contribution in [0.5, 0.6) is 0 Å². The van der Waals surface area contributed by atoms with Crippen LogP contribution < -0.4 is 10.6 Å². The van der Waals surface area contributed by atoms with Crippen LogP contribution in [-0.4, -0.2) is 44.3 Å². The largest absolute Gasteiger partial charge is 0.351 e. The molecule has 1 aliphatic rings. The number of nitrogens with one attached hydrogen (secondary N) is 2. The number of piperazine rings is 1. The molecule has 0 aromatic heterocycles. The highest BCUT2D eigenvalue weighted by Crippen LogP contribution is 2.20. The molecule has 30 heavy (non-hydrogen) atoms. The Hall–Kier alpha value is -2.22. The van der Waals surface area contributed by atoms with E-state index >= 15 is 0 Å². The van der Waals surface area contributed by atoms with Gasteiger partial charge in [-0.05, 0) is 41.7 Å². The topological polar surface area (TPSA) is 78.5 Å². The predicted octanol–water partition coefficient (Wildman–Crippen LogP) is 2.48. The third-order valence-corrected chi connectivity index (χ3v) is 7.39. The molecule has 1 heterocycles. The third kappa shape index (κ3) is 5.28. The molecule has 7 heteroatoms. The summed E-state index contributed by atoms with van der Waals surface area (Å²) in [5.74, 6) is -0.284. The molecular weight excluding hydrogens is 398 g/mol. The highest BCUT2D eigenvalue weighted by atomic mass is 32.2. The molecule has 1 fully saturated rings. The smallest absolute Gasteiger partial charge is 0.243 e. The second-order valence-electron chi connectivity index (χ2n) is 7.62. The Morgan fingerprint density at radius 1 is 1.03 bits per heavy atom. The second-order valence-corrected chi connectivity index (χ2v) is 9.51. The molecule has 0 radical (unpaired) electrons. The molecule has 0 aliphatic carbocycles. The van der Waals surface area contributed by atoms with Crippen molar-refractivity contribution in [1.82, 2.24) is 14.9 Å². The van der Waals surface area contributed by atoms with Crippen LogP contribution in [0, 0.1) is 0 Å². The van der Waals surface area contributed by atoms with E-state index in [0.717, 1.165) is 30.4 Å². The highest BCUT2D eigenvalue weighted by Gasteiger charge is 2.37. The molecule has 1 atom stereocenters. The quantitative estimate of drug-likeness (QED) is 0.676. The maximum Gasteiger partial charge on any atom is 0.243 e. The van der Waals surface area contributed by atoms with Gasteiger partial charge in [-0.3, -0.25) is 4.79 Å². The van der Waals surface area contributed by atoms with Gasteiger partial charge in [-0.15, -0.1) is 0 Å². The van der Waals surface area contributed by atoms with Crippen molar-refractivity contribution in [3.8, 4) is 0 Å². The number of hydrogen-bond donors (Lipinski definition) is 2. The van der Waals surface area contributed by atoms with Gasteiger partial charge < -0.3 is 10.6 Å². The zero-order chi connectivity index (χ0) is 21.6.